The third-order valence-corrected chi connectivity index (χ3v) is 2.16. The Morgan fingerprint density at radius 2 is 0.917 bits per heavy atom. The zero-order valence-corrected chi connectivity index (χ0v) is 15.4. The highest BCUT2D eigenvalue weighted by molar-refractivity contribution is 5.74. The molecule has 0 saturated heterocycles. The van der Waals surface area contributed by atoms with Crippen LogP contribution in [-0.4, -0.2) is 55.6 Å². The quantitative estimate of drug-likeness (QED) is 0.541. The summed E-state index contributed by atoms with van der Waals surface area (Å²) in [5, 5.41) is 10.2. The lowest BCUT2D eigenvalue weighted by Crippen LogP contribution is -2.44. The summed E-state index contributed by atoms with van der Waals surface area (Å²) in [4.78, 5) is 34.2. The second-order valence-corrected chi connectivity index (χ2v) is 7.04. The van der Waals surface area contributed by atoms with Crippen molar-refractivity contribution >= 4 is 18.2 Å². The normalized spacial score (nSPS) is 11.2. The molecule has 0 aromatic heterocycles. The predicted octanol–water partition coefficient (Wildman–Crippen LogP) is 1.33. The van der Waals surface area contributed by atoms with Gasteiger partial charge >= 0.3 is 18.2 Å². The number of ether oxygens (including phenoxy) is 2. The minimum Gasteiger partial charge on any atom is -0.444 e. The van der Waals surface area contributed by atoms with E-state index in [1.165, 1.54) is 0 Å². The number of nitrogens with one attached hydrogen (secondary N) is 4. The van der Waals surface area contributed by atoms with Gasteiger partial charge in [0.25, 0.3) is 0 Å². The monoisotopic (exact) mass is 346 g/mol. The average Bonchev–Trinajstić information content (AvgIpc) is 2.35. The van der Waals surface area contributed by atoms with E-state index in [1.807, 2.05) is 0 Å². The molecule has 0 rings (SSSR count). The molecule has 0 bridgehead atoms. The standard InChI is InChI=1S/C15H30N4O5/c1-14(2,3)23-12(21)18-9-7-16-11(20)17-8-10-19-13(22)24-15(4,5)6/h7-10H2,1-6H3,(H,18,21)(H,19,22)(H2,16,17,20). The van der Waals surface area contributed by atoms with Gasteiger partial charge in [0, 0.05) is 26.2 Å². The van der Waals surface area contributed by atoms with Crippen LogP contribution in [0.25, 0.3) is 0 Å². The molecule has 0 aliphatic heterocycles. The number of rotatable bonds is 6. The molecule has 9 heteroatoms. The lowest BCUT2D eigenvalue weighted by molar-refractivity contribution is 0.0518. The summed E-state index contributed by atoms with van der Waals surface area (Å²) >= 11 is 0. The maximum absolute atomic E-state index is 11.5. The van der Waals surface area contributed by atoms with Crippen LogP contribution < -0.4 is 21.3 Å². The Bertz CT molecular complexity index is 389. The van der Waals surface area contributed by atoms with E-state index in [0.29, 0.717) is 0 Å². The van der Waals surface area contributed by atoms with Gasteiger partial charge in [0.2, 0.25) is 0 Å². The molecule has 0 heterocycles. The van der Waals surface area contributed by atoms with Crippen molar-refractivity contribution in [1.29, 1.82) is 0 Å². The van der Waals surface area contributed by atoms with Crippen molar-refractivity contribution in [2.75, 3.05) is 26.2 Å². The van der Waals surface area contributed by atoms with Crippen molar-refractivity contribution in [2.24, 2.45) is 0 Å². The molecular formula is C15H30N4O5. The Hall–Kier alpha value is -2.19. The fourth-order valence-electron chi connectivity index (χ4n) is 1.37. The first kappa shape index (κ1) is 21.8. The van der Waals surface area contributed by atoms with Crippen LogP contribution in [0.1, 0.15) is 41.5 Å². The molecule has 0 fully saturated rings. The van der Waals surface area contributed by atoms with E-state index in [-0.39, 0.29) is 26.2 Å². The summed E-state index contributed by atoms with van der Waals surface area (Å²) in [6.07, 6.45) is -1.07. The minimum absolute atomic E-state index is 0.249. The van der Waals surface area contributed by atoms with E-state index < -0.39 is 29.4 Å². The predicted molar refractivity (Wildman–Crippen MR) is 89.9 cm³/mol. The molecule has 0 aromatic rings. The van der Waals surface area contributed by atoms with Crippen LogP contribution in [0, 0.1) is 0 Å². The molecule has 0 aromatic carbocycles. The molecule has 140 valence electrons. The van der Waals surface area contributed by atoms with Crippen molar-refractivity contribution in [3.8, 4) is 0 Å². The highest BCUT2D eigenvalue weighted by Crippen LogP contribution is 2.06. The maximum atomic E-state index is 11.5. The molecule has 4 N–H and O–H groups in total. The van der Waals surface area contributed by atoms with Crippen LogP contribution in [0.15, 0.2) is 0 Å². The molecule has 0 unspecified atom stereocenters. The summed E-state index contributed by atoms with van der Waals surface area (Å²) < 4.78 is 10.1. The summed E-state index contributed by atoms with van der Waals surface area (Å²) in [7, 11) is 0. The second-order valence-electron chi connectivity index (χ2n) is 7.04. The van der Waals surface area contributed by atoms with Crippen LogP contribution in [-0.2, 0) is 9.47 Å². The van der Waals surface area contributed by atoms with Crippen molar-refractivity contribution < 1.29 is 23.9 Å². The van der Waals surface area contributed by atoms with Crippen molar-refractivity contribution in [2.45, 2.75) is 52.7 Å². The Morgan fingerprint density at radius 3 is 1.21 bits per heavy atom. The molecule has 0 aliphatic carbocycles. The molecule has 0 spiro atoms. The topological polar surface area (TPSA) is 118 Å². The van der Waals surface area contributed by atoms with E-state index in [2.05, 4.69) is 21.3 Å². The number of alkyl carbamates (subject to hydrolysis) is 2. The first-order valence-corrected chi connectivity index (χ1v) is 7.84. The van der Waals surface area contributed by atoms with Gasteiger partial charge in [-0.15, -0.1) is 0 Å². The van der Waals surface area contributed by atoms with Crippen LogP contribution in [0.3, 0.4) is 0 Å². The van der Waals surface area contributed by atoms with Gasteiger partial charge in [-0.3, -0.25) is 0 Å². The number of urea groups is 1. The van der Waals surface area contributed by atoms with E-state index in [4.69, 9.17) is 9.47 Å². The summed E-state index contributed by atoms with van der Waals surface area (Å²) in [6.45, 7) is 11.6. The van der Waals surface area contributed by atoms with Gasteiger partial charge < -0.3 is 30.7 Å². The Morgan fingerprint density at radius 1 is 0.625 bits per heavy atom. The van der Waals surface area contributed by atoms with Gasteiger partial charge in [-0.2, -0.15) is 0 Å². The van der Waals surface area contributed by atoms with Crippen LogP contribution in [0.4, 0.5) is 14.4 Å². The fourth-order valence-corrected chi connectivity index (χ4v) is 1.37. The Labute approximate surface area is 143 Å². The molecule has 0 saturated carbocycles. The van der Waals surface area contributed by atoms with Crippen molar-refractivity contribution in [3.63, 3.8) is 0 Å². The maximum Gasteiger partial charge on any atom is 0.407 e. The van der Waals surface area contributed by atoms with E-state index in [1.54, 1.807) is 41.5 Å². The van der Waals surface area contributed by atoms with Crippen LogP contribution in [0.2, 0.25) is 0 Å². The van der Waals surface area contributed by atoms with Gasteiger partial charge in [-0.1, -0.05) is 0 Å². The lowest BCUT2D eigenvalue weighted by Gasteiger charge is -2.20. The summed E-state index contributed by atoms with van der Waals surface area (Å²) in [6, 6.07) is -0.396. The summed E-state index contributed by atoms with van der Waals surface area (Å²) in [5.74, 6) is 0. The zero-order valence-electron chi connectivity index (χ0n) is 15.4. The number of hydrogen-bond donors (Lipinski definition) is 4. The highest BCUT2D eigenvalue weighted by Gasteiger charge is 2.16. The summed E-state index contributed by atoms with van der Waals surface area (Å²) in [5.41, 5.74) is -1.12. The van der Waals surface area contributed by atoms with Gasteiger partial charge in [0.05, 0.1) is 0 Å². The lowest BCUT2D eigenvalue weighted by atomic mass is 10.2. The first-order valence-electron chi connectivity index (χ1n) is 7.84. The van der Waals surface area contributed by atoms with Gasteiger partial charge in [-0.05, 0) is 41.5 Å². The van der Waals surface area contributed by atoms with E-state index in [9.17, 15) is 14.4 Å². The zero-order chi connectivity index (χ0) is 18.8. The van der Waals surface area contributed by atoms with Crippen molar-refractivity contribution in [3.05, 3.63) is 0 Å². The second kappa shape index (κ2) is 9.84. The third-order valence-electron chi connectivity index (χ3n) is 2.16. The Balaban J connectivity index is 3.64. The number of carbonyl (C=O) groups excluding carboxylic acids is 3. The minimum atomic E-state index is -0.559. The smallest absolute Gasteiger partial charge is 0.407 e. The Kier molecular flexibility index (Phi) is 8.94. The van der Waals surface area contributed by atoms with Crippen LogP contribution in [0.5, 0.6) is 0 Å². The van der Waals surface area contributed by atoms with Gasteiger partial charge in [0.15, 0.2) is 0 Å². The highest BCUT2D eigenvalue weighted by atomic mass is 16.6. The molecule has 4 amide bonds. The first-order chi connectivity index (χ1) is 10.9. The fraction of sp³-hybridized carbons (Fsp3) is 0.800. The van der Waals surface area contributed by atoms with Crippen molar-refractivity contribution in [1.82, 2.24) is 21.3 Å². The van der Waals surface area contributed by atoms with E-state index in [0.717, 1.165) is 0 Å². The average molecular weight is 346 g/mol. The largest absolute Gasteiger partial charge is 0.444 e. The molecule has 9 nitrogen and oxygen atoms in total. The molecular weight excluding hydrogens is 316 g/mol. The van der Waals surface area contributed by atoms with Crippen LogP contribution >= 0.6 is 0 Å². The molecule has 24 heavy (non-hydrogen) atoms. The van der Waals surface area contributed by atoms with Gasteiger partial charge in [-0.25, -0.2) is 14.4 Å². The van der Waals surface area contributed by atoms with E-state index >= 15 is 0 Å². The molecule has 0 aliphatic rings. The third kappa shape index (κ3) is 14.7. The molecule has 0 radical (unpaired) electrons. The molecule has 0 atom stereocenters. The van der Waals surface area contributed by atoms with Gasteiger partial charge in [0.1, 0.15) is 11.2 Å². The SMILES string of the molecule is CC(C)(C)OC(=O)NCCNC(=O)NCCNC(=O)OC(C)(C)C. The number of carbonyl (C=O) groups is 3. The number of hydrogen-bond acceptors (Lipinski definition) is 5. The number of amides is 4.